The van der Waals surface area contributed by atoms with Crippen molar-refractivity contribution < 1.29 is 0 Å². The summed E-state index contributed by atoms with van der Waals surface area (Å²) in [5, 5.41) is 14.4. The Hall–Kier alpha value is -3.74. The SMILES string of the molecule is CC/C=C/c1cn(CCCCC)c(=O)n1Cc1ccc(-c2ccccc2-c2nn[nH]n2)cc1. The van der Waals surface area contributed by atoms with Crippen molar-refractivity contribution in [2.75, 3.05) is 0 Å². The van der Waals surface area contributed by atoms with Crippen LogP contribution in [0.25, 0.3) is 28.6 Å². The lowest BCUT2D eigenvalue weighted by molar-refractivity contribution is 0.574. The number of H-pyrrole nitrogens is 1. The molecule has 0 radical (unpaired) electrons. The van der Waals surface area contributed by atoms with Gasteiger partial charge in [0.25, 0.3) is 0 Å². The lowest BCUT2D eigenvalue weighted by atomic mass is 9.98. The molecule has 0 bridgehead atoms. The molecule has 2 aromatic carbocycles. The van der Waals surface area contributed by atoms with Crippen molar-refractivity contribution in [1.82, 2.24) is 29.8 Å². The highest BCUT2D eigenvalue weighted by Crippen LogP contribution is 2.29. The number of aromatic nitrogens is 6. The Morgan fingerprint density at radius 3 is 2.48 bits per heavy atom. The number of rotatable bonds is 10. The third-order valence-electron chi connectivity index (χ3n) is 5.72. The number of benzene rings is 2. The van der Waals surface area contributed by atoms with Gasteiger partial charge in [-0.05, 0) is 40.8 Å². The summed E-state index contributed by atoms with van der Waals surface area (Å²) in [6.07, 6.45) is 10.4. The van der Waals surface area contributed by atoms with E-state index in [1.165, 1.54) is 0 Å². The predicted octanol–water partition coefficient (Wildman–Crippen LogP) is 5.16. The van der Waals surface area contributed by atoms with Crippen LogP contribution in [0.15, 0.2) is 65.6 Å². The molecule has 0 amide bonds. The van der Waals surface area contributed by atoms with Crippen molar-refractivity contribution >= 4 is 6.08 Å². The first kappa shape index (κ1) is 22.5. The van der Waals surface area contributed by atoms with Crippen molar-refractivity contribution in [1.29, 1.82) is 0 Å². The maximum absolute atomic E-state index is 13.1. The van der Waals surface area contributed by atoms with Gasteiger partial charge in [0.05, 0.1) is 12.2 Å². The van der Waals surface area contributed by atoms with Crippen molar-refractivity contribution in [2.24, 2.45) is 0 Å². The van der Waals surface area contributed by atoms with Crippen molar-refractivity contribution in [3.63, 3.8) is 0 Å². The fraction of sp³-hybridized carbons (Fsp3) is 0.308. The molecule has 1 N–H and O–H groups in total. The summed E-state index contributed by atoms with van der Waals surface area (Å²) in [4.78, 5) is 13.1. The average molecular weight is 443 g/mol. The molecule has 4 rings (SSSR count). The Morgan fingerprint density at radius 2 is 1.79 bits per heavy atom. The van der Waals surface area contributed by atoms with Crippen LogP contribution < -0.4 is 5.69 Å². The molecule has 0 fully saturated rings. The minimum Gasteiger partial charge on any atom is -0.299 e. The molecule has 0 saturated carbocycles. The van der Waals surface area contributed by atoms with Gasteiger partial charge in [-0.25, -0.2) is 4.79 Å². The second-order valence-corrected chi connectivity index (χ2v) is 8.11. The molecule has 0 aliphatic carbocycles. The number of hydrogen-bond acceptors (Lipinski definition) is 4. The van der Waals surface area contributed by atoms with Crippen LogP contribution >= 0.6 is 0 Å². The summed E-state index contributed by atoms with van der Waals surface area (Å²) < 4.78 is 3.71. The zero-order chi connectivity index (χ0) is 23.0. The molecule has 0 spiro atoms. The van der Waals surface area contributed by atoms with Gasteiger partial charge in [-0.3, -0.25) is 9.13 Å². The largest absolute Gasteiger partial charge is 0.328 e. The Balaban J connectivity index is 1.60. The van der Waals surface area contributed by atoms with Crippen LogP contribution in [0.1, 0.15) is 50.8 Å². The average Bonchev–Trinajstić information content (AvgIpc) is 3.48. The van der Waals surface area contributed by atoms with E-state index in [1.807, 2.05) is 39.6 Å². The number of hydrogen-bond donors (Lipinski definition) is 1. The Bertz CT molecular complexity index is 1250. The molecule has 2 aromatic heterocycles. The van der Waals surface area contributed by atoms with Crippen LogP contribution in [0.2, 0.25) is 0 Å². The van der Waals surface area contributed by atoms with Crippen LogP contribution in [0, 0.1) is 0 Å². The van der Waals surface area contributed by atoms with Gasteiger partial charge in [-0.2, -0.15) is 5.21 Å². The van der Waals surface area contributed by atoms with Crippen LogP contribution in [0.4, 0.5) is 0 Å². The standard InChI is InChI=1S/C26H30N6O/c1-3-5-9-17-31-19-22(10-6-4-2)32(26(31)33)18-20-13-15-21(16-14-20)23-11-7-8-12-24(23)25-27-29-30-28-25/h6-8,10-16,19H,3-5,9,17-18H2,1-2H3,(H,27,28,29,30)/b10-6+. The number of nitrogens with zero attached hydrogens (tertiary/aromatic N) is 5. The van der Waals surface area contributed by atoms with E-state index in [2.05, 4.69) is 70.9 Å². The number of allylic oxidation sites excluding steroid dienone is 1. The van der Waals surface area contributed by atoms with Crippen molar-refractivity contribution in [2.45, 2.75) is 52.6 Å². The molecule has 2 heterocycles. The van der Waals surface area contributed by atoms with E-state index in [0.717, 1.165) is 60.2 Å². The summed E-state index contributed by atoms with van der Waals surface area (Å²) in [7, 11) is 0. The lowest BCUT2D eigenvalue weighted by Gasteiger charge is -2.09. The summed E-state index contributed by atoms with van der Waals surface area (Å²) >= 11 is 0. The van der Waals surface area contributed by atoms with Gasteiger partial charge in [0.15, 0.2) is 0 Å². The minimum atomic E-state index is 0.0494. The third kappa shape index (κ3) is 5.19. The molecule has 0 unspecified atom stereocenters. The summed E-state index contributed by atoms with van der Waals surface area (Å²) in [5.74, 6) is 0.568. The van der Waals surface area contributed by atoms with Gasteiger partial charge in [-0.1, -0.05) is 81.3 Å². The van der Waals surface area contributed by atoms with Crippen LogP contribution in [-0.2, 0) is 13.1 Å². The maximum Gasteiger partial charge on any atom is 0.328 e. The highest BCUT2D eigenvalue weighted by molar-refractivity contribution is 5.80. The Kier molecular flexibility index (Phi) is 7.29. The second kappa shape index (κ2) is 10.7. The number of aromatic amines is 1. The van der Waals surface area contributed by atoms with E-state index in [0.29, 0.717) is 12.4 Å². The van der Waals surface area contributed by atoms with E-state index in [1.54, 1.807) is 0 Å². The predicted molar refractivity (Wildman–Crippen MR) is 132 cm³/mol. The van der Waals surface area contributed by atoms with E-state index in [4.69, 9.17) is 0 Å². The molecule has 170 valence electrons. The summed E-state index contributed by atoms with van der Waals surface area (Å²) in [6.45, 7) is 5.57. The smallest absolute Gasteiger partial charge is 0.299 e. The van der Waals surface area contributed by atoms with Crippen LogP contribution in [-0.4, -0.2) is 29.8 Å². The molecule has 7 heteroatoms. The van der Waals surface area contributed by atoms with Gasteiger partial charge in [-0.15, -0.1) is 10.2 Å². The Labute approximate surface area is 193 Å². The normalized spacial score (nSPS) is 11.5. The van der Waals surface area contributed by atoms with Gasteiger partial charge in [0.1, 0.15) is 0 Å². The molecular formula is C26H30N6O. The van der Waals surface area contributed by atoms with E-state index in [-0.39, 0.29) is 5.69 Å². The molecule has 7 nitrogen and oxygen atoms in total. The first-order valence-corrected chi connectivity index (χ1v) is 11.6. The fourth-order valence-electron chi connectivity index (χ4n) is 3.95. The van der Waals surface area contributed by atoms with Crippen molar-refractivity contribution in [3.05, 3.63) is 82.5 Å². The second-order valence-electron chi connectivity index (χ2n) is 8.11. The zero-order valence-corrected chi connectivity index (χ0v) is 19.2. The van der Waals surface area contributed by atoms with Gasteiger partial charge in [0.2, 0.25) is 5.82 Å². The summed E-state index contributed by atoms with van der Waals surface area (Å²) in [6, 6.07) is 16.3. The third-order valence-corrected chi connectivity index (χ3v) is 5.72. The first-order valence-electron chi connectivity index (χ1n) is 11.6. The number of unbranched alkanes of at least 4 members (excludes halogenated alkanes) is 2. The fourth-order valence-corrected chi connectivity index (χ4v) is 3.95. The highest BCUT2D eigenvalue weighted by atomic mass is 16.1. The van der Waals surface area contributed by atoms with Crippen LogP contribution in [0.5, 0.6) is 0 Å². The summed E-state index contributed by atoms with van der Waals surface area (Å²) in [5.41, 5.74) is 5.10. The van der Waals surface area contributed by atoms with Gasteiger partial charge < -0.3 is 0 Å². The number of nitrogens with one attached hydrogen (secondary N) is 1. The quantitative estimate of drug-likeness (QED) is 0.344. The van der Waals surface area contributed by atoms with E-state index >= 15 is 0 Å². The number of aryl methyl sites for hydroxylation is 1. The molecule has 0 aliphatic heterocycles. The molecule has 33 heavy (non-hydrogen) atoms. The number of imidazole rings is 1. The number of tetrazole rings is 1. The Morgan fingerprint density at radius 1 is 1.00 bits per heavy atom. The van der Waals surface area contributed by atoms with Crippen molar-refractivity contribution in [3.8, 4) is 22.5 Å². The van der Waals surface area contributed by atoms with E-state index < -0.39 is 0 Å². The van der Waals surface area contributed by atoms with Crippen LogP contribution in [0.3, 0.4) is 0 Å². The monoisotopic (exact) mass is 442 g/mol. The first-order chi connectivity index (χ1) is 16.2. The topological polar surface area (TPSA) is 81.4 Å². The van der Waals surface area contributed by atoms with Gasteiger partial charge >= 0.3 is 5.69 Å². The molecule has 0 atom stereocenters. The van der Waals surface area contributed by atoms with E-state index in [9.17, 15) is 4.79 Å². The molecule has 4 aromatic rings. The molecule has 0 saturated heterocycles. The highest BCUT2D eigenvalue weighted by Gasteiger charge is 2.12. The van der Waals surface area contributed by atoms with Gasteiger partial charge in [0, 0.05) is 18.3 Å². The maximum atomic E-state index is 13.1. The minimum absolute atomic E-state index is 0.0494. The lowest BCUT2D eigenvalue weighted by Crippen LogP contribution is -2.25. The molecule has 0 aliphatic rings. The zero-order valence-electron chi connectivity index (χ0n) is 19.2. The molecular weight excluding hydrogens is 412 g/mol.